The van der Waals surface area contributed by atoms with Crippen molar-refractivity contribution >= 4 is 33.3 Å². The molecule has 29 heavy (non-hydrogen) atoms. The number of nitrogens with zero attached hydrogens (tertiary/aromatic N) is 4. The van der Waals surface area contributed by atoms with Gasteiger partial charge in [-0.2, -0.15) is 0 Å². The van der Waals surface area contributed by atoms with Gasteiger partial charge in [0.25, 0.3) is 0 Å². The second kappa shape index (κ2) is 8.55. The van der Waals surface area contributed by atoms with Gasteiger partial charge in [-0.25, -0.2) is 0 Å². The molecular weight excluding hydrogens is 400 g/mol. The van der Waals surface area contributed by atoms with E-state index in [9.17, 15) is 4.79 Å². The molecular formula is C22H24N4OS2. The van der Waals surface area contributed by atoms with Crippen LogP contribution in [0.3, 0.4) is 0 Å². The van der Waals surface area contributed by atoms with Gasteiger partial charge in [-0.1, -0.05) is 67.3 Å². The molecule has 0 aliphatic heterocycles. The fourth-order valence-electron chi connectivity index (χ4n) is 3.24. The Kier molecular flexibility index (Phi) is 5.87. The standard InChI is InChI=1S/C22H24N4OS2/c1-15(2)12-13-28-21-24-23-20(26(21)17-9-5-4-8-16(17)3)14-25-18-10-6-7-11-19(18)29-22(25)27/h4-11,15H,12-14H2,1-3H3. The lowest BCUT2D eigenvalue weighted by molar-refractivity contribution is 0.631. The molecule has 0 amide bonds. The van der Waals surface area contributed by atoms with Crippen LogP contribution in [0, 0.1) is 12.8 Å². The third kappa shape index (κ3) is 4.16. The van der Waals surface area contributed by atoms with Crippen LogP contribution in [-0.4, -0.2) is 25.1 Å². The quantitative estimate of drug-likeness (QED) is 0.386. The van der Waals surface area contributed by atoms with E-state index >= 15 is 0 Å². The number of benzene rings is 2. The predicted molar refractivity (Wildman–Crippen MR) is 121 cm³/mol. The number of hydrogen-bond donors (Lipinski definition) is 0. The lowest BCUT2D eigenvalue weighted by Crippen LogP contribution is -2.17. The molecule has 7 heteroatoms. The van der Waals surface area contributed by atoms with Crippen molar-refractivity contribution in [1.29, 1.82) is 0 Å². The predicted octanol–water partition coefficient (Wildman–Crippen LogP) is 5.14. The van der Waals surface area contributed by atoms with E-state index in [1.54, 1.807) is 16.3 Å². The maximum Gasteiger partial charge on any atom is 0.308 e. The second-order valence-electron chi connectivity index (χ2n) is 7.47. The molecule has 0 unspecified atom stereocenters. The zero-order valence-corrected chi connectivity index (χ0v) is 18.5. The molecule has 2 aromatic carbocycles. The number of para-hydroxylation sites is 2. The minimum absolute atomic E-state index is 0.0274. The number of aryl methyl sites for hydroxylation is 1. The number of thioether (sulfide) groups is 1. The highest BCUT2D eigenvalue weighted by atomic mass is 32.2. The molecule has 4 aromatic rings. The zero-order valence-electron chi connectivity index (χ0n) is 16.8. The highest BCUT2D eigenvalue weighted by molar-refractivity contribution is 7.99. The normalized spacial score (nSPS) is 11.6. The van der Waals surface area contributed by atoms with Gasteiger partial charge in [-0.05, 0) is 43.0 Å². The van der Waals surface area contributed by atoms with Gasteiger partial charge in [0, 0.05) is 5.75 Å². The molecule has 0 bridgehead atoms. The van der Waals surface area contributed by atoms with Crippen LogP contribution in [0.25, 0.3) is 15.9 Å². The molecule has 0 N–H and O–H groups in total. The van der Waals surface area contributed by atoms with Gasteiger partial charge < -0.3 is 0 Å². The number of aromatic nitrogens is 4. The molecule has 0 aliphatic carbocycles. The van der Waals surface area contributed by atoms with Crippen LogP contribution in [0.5, 0.6) is 0 Å². The molecule has 0 saturated heterocycles. The van der Waals surface area contributed by atoms with E-state index in [0.29, 0.717) is 12.5 Å². The van der Waals surface area contributed by atoms with Crippen molar-refractivity contribution in [3.05, 3.63) is 69.6 Å². The summed E-state index contributed by atoms with van der Waals surface area (Å²) in [6.07, 6.45) is 1.12. The first-order chi connectivity index (χ1) is 14.0. The summed E-state index contributed by atoms with van der Waals surface area (Å²) in [5, 5.41) is 9.85. The van der Waals surface area contributed by atoms with Gasteiger partial charge in [0.15, 0.2) is 11.0 Å². The Labute approximate surface area is 178 Å². The Morgan fingerprint density at radius 3 is 2.62 bits per heavy atom. The summed E-state index contributed by atoms with van der Waals surface area (Å²) in [5.74, 6) is 2.41. The summed E-state index contributed by atoms with van der Waals surface area (Å²) >= 11 is 3.00. The summed E-state index contributed by atoms with van der Waals surface area (Å²) in [7, 11) is 0. The number of rotatable bonds is 7. The largest absolute Gasteiger partial charge is 0.308 e. The minimum Gasteiger partial charge on any atom is -0.291 e. The maximum atomic E-state index is 12.6. The third-order valence-corrected chi connectivity index (χ3v) is 6.78. The Hall–Kier alpha value is -2.38. The van der Waals surface area contributed by atoms with Crippen molar-refractivity contribution in [2.45, 2.75) is 38.9 Å². The van der Waals surface area contributed by atoms with Crippen LogP contribution in [-0.2, 0) is 6.54 Å². The van der Waals surface area contributed by atoms with E-state index in [2.05, 4.69) is 47.7 Å². The Morgan fingerprint density at radius 2 is 1.83 bits per heavy atom. The molecule has 4 rings (SSSR count). The molecule has 0 aliphatic rings. The first-order valence-electron chi connectivity index (χ1n) is 9.76. The molecule has 5 nitrogen and oxygen atoms in total. The lowest BCUT2D eigenvalue weighted by atomic mass is 10.2. The Balaban J connectivity index is 1.77. The van der Waals surface area contributed by atoms with Crippen LogP contribution in [0.1, 0.15) is 31.7 Å². The molecule has 0 spiro atoms. The van der Waals surface area contributed by atoms with Gasteiger partial charge in [0.05, 0.1) is 22.4 Å². The van der Waals surface area contributed by atoms with Crippen LogP contribution in [0.4, 0.5) is 0 Å². The van der Waals surface area contributed by atoms with Gasteiger partial charge in [0.1, 0.15) is 0 Å². The molecule has 150 valence electrons. The molecule has 0 saturated carbocycles. The molecule has 0 radical (unpaired) electrons. The first-order valence-corrected chi connectivity index (χ1v) is 11.6. The highest BCUT2D eigenvalue weighted by Gasteiger charge is 2.18. The third-order valence-electron chi connectivity index (χ3n) is 4.86. The van der Waals surface area contributed by atoms with E-state index in [-0.39, 0.29) is 4.87 Å². The van der Waals surface area contributed by atoms with Gasteiger partial charge in [-0.15, -0.1) is 10.2 Å². The van der Waals surface area contributed by atoms with Gasteiger partial charge in [-0.3, -0.25) is 13.9 Å². The van der Waals surface area contributed by atoms with E-state index in [1.807, 2.05) is 36.4 Å². The number of fused-ring (bicyclic) bond motifs is 1. The van der Waals surface area contributed by atoms with Crippen molar-refractivity contribution in [2.75, 3.05) is 5.75 Å². The van der Waals surface area contributed by atoms with Crippen LogP contribution >= 0.6 is 23.1 Å². The lowest BCUT2D eigenvalue weighted by Gasteiger charge is -2.13. The van der Waals surface area contributed by atoms with Crippen molar-refractivity contribution in [3.63, 3.8) is 0 Å². The van der Waals surface area contributed by atoms with E-state index in [1.165, 1.54) is 11.3 Å². The molecule has 0 fully saturated rings. The van der Waals surface area contributed by atoms with Crippen molar-refractivity contribution in [1.82, 2.24) is 19.3 Å². The van der Waals surface area contributed by atoms with Crippen LogP contribution < -0.4 is 4.87 Å². The average molecular weight is 425 g/mol. The average Bonchev–Trinajstić information content (AvgIpc) is 3.23. The second-order valence-corrected chi connectivity index (χ2v) is 9.53. The van der Waals surface area contributed by atoms with Gasteiger partial charge >= 0.3 is 4.87 Å². The topological polar surface area (TPSA) is 52.7 Å². The van der Waals surface area contributed by atoms with Crippen LogP contribution in [0.2, 0.25) is 0 Å². The SMILES string of the molecule is Cc1ccccc1-n1c(Cn2c(=O)sc3ccccc32)nnc1SCCC(C)C. The fraction of sp³-hybridized carbons (Fsp3) is 0.318. The number of hydrogen-bond acceptors (Lipinski definition) is 5. The summed E-state index contributed by atoms with van der Waals surface area (Å²) < 4.78 is 4.89. The summed E-state index contributed by atoms with van der Waals surface area (Å²) in [6.45, 7) is 6.95. The first kappa shape index (κ1) is 19.9. The molecule has 0 atom stereocenters. The van der Waals surface area contributed by atoms with E-state index < -0.39 is 0 Å². The summed E-state index contributed by atoms with van der Waals surface area (Å²) in [6, 6.07) is 16.1. The monoisotopic (exact) mass is 424 g/mol. The zero-order chi connectivity index (χ0) is 20.4. The molecule has 2 heterocycles. The molecule has 2 aromatic heterocycles. The highest BCUT2D eigenvalue weighted by Crippen LogP contribution is 2.26. The van der Waals surface area contributed by atoms with Crippen LogP contribution in [0.15, 0.2) is 58.5 Å². The number of thiazole rings is 1. The minimum atomic E-state index is 0.0274. The Bertz CT molecular complexity index is 1190. The van der Waals surface area contributed by atoms with Gasteiger partial charge in [0.2, 0.25) is 0 Å². The van der Waals surface area contributed by atoms with E-state index in [0.717, 1.165) is 44.6 Å². The Morgan fingerprint density at radius 1 is 1.07 bits per heavy atom. The fourth-order valence-corrected chi connectivity index (χ4v) is 5.34. The van der Waals surface area contributed by atoms with Crippen molar-refractivity contribution in [2.24, 2.45) is 5.92 Å². The van der Waals surface area contributed by atoms with Crippen molar-refractivity contribution < 1.29 is 0 Å². The van der Waals surface area contributed by atoms with E-state index in [4.69, 9.17) is 0 Å². The smallest absolute Gasteiger partial charge is 0.291 e. The summed E-state index contributed by atoms with van der Waals surface area (Å²) in [4.78, 5) is 12.7. The maximum absolute atomic E-state index is 12.6. The summed E-state index contributed by atoms with van der Waals surface area (Å²) in [5.41, 5.74) is 3.16. The van der Waals surface area contributed by atoms with Crippen molar-refractivity contribution in [3.8, 4) is 5.69 Å².